The summed E-state index contributed by atoms with van der Waals surface area (Å²) in [6.45, 7) is 5.76. The average Bonchev–Trinajstić information content (AvgIpc) is 3.15. The van der Waals surface area contributed by atoms with Crippen LogP contribution in [0.1, 0.15) is 10.5 Å². The van der Waals surface area contributed by atoms with Gasteiger partial charge in [-0.3, -0.25) is 9.69 Å². The SMILES string of the molecule is CNC(=O)c1cc(Nc2ncc3ccccc3n2)cn1CCN1CCNCC1. The number of nitrogens with one attached hydrogen (secondary N) is 3. The Morgan fingerprint density at radius 3 is 2.86 bits per heavy atom. The normalized spacial score (nSPS) is 14.9. The molecule has 0 bridgehead atoms. The predicted molar refractivity (Wildman–Crippen MR) is 110 cm³/mol. The van der Waals surface area contributed by atoms with Crippen molar-refractivity contribution >= 4 is 28.4 Å². The lowest BCUT2D eigenvalue weighted by molar-refractivity contribution is 0.0952. The highest BCUT2D eigenvalue weighted by Crippen LogP contribution is 2.19. The Balaban J connectivity index is 1.52. The molecule has 1 saturated heterocycles. The Hall–Kier alpha value is -2.97. The number of hydrogen-bond donors (Lipinski definition) is 3. The quantitative estimate of drug-likeness (QED) is 0.601. The van der Waals surface area contributed by atoms with E-state index >= 15 is 0 Å². The molecule has 3 aromatic rings. The minimum Gasteiger partial charge on any atom is -0.354 e. The molecule has 0 atom stereocenters. The van der Waals surface area contributed by atoms with Gasteiger partial charge in [0.1, 0.15) is 5.69 Å². The van der Waals surface area contributed by atoms with Crippen LogP contribution in [0.4, 0.5) is 11.6 Å². The lowest BCUT2D eigenvalue weighted by Crippen LogP contribution is -2.44. The van der Waals surface area contributed by atoms with Gasteiger partial charge in [-0.15, -0.1) is 0 Å². The van der Waals surface area contributed by atoms with Crippen LogP contribution in [0.25, 0.3) is 10.9 Å². The number of carbonyl (C=O) groups is 1. The molecule has 0 saturated carbocycles. The molecule has 28 heavy (non-hydrogen) atoms. The van der Waals surface area contributed by atoms with Crippen LogP contribution in [-0.2, 0) is 6.54 Å². The zero-order valence-electron chi connectivity index (χ0n) is 16.0. The third kappa shape index (κ3) is 4.13. The monoisotopic (exact) mass is 379 g/mol. The molecule has 1 aliphatic rings. The fourth-order valence-electron chi connectivity index (χ4n) is 3.43. The van der Waals surface area contributed by atoms with E-state index in [9.17, 15) is 4.79 Å². The Morgan fingerprint density at radius 2 is 2.04 bits per heavy atom. The molecule has 146 valence electrons. The van der Waals surface area contributed by atoms with E-state index in [0.717, 1.165) is 55.9 Å². The Bertz CT molecular complexity index is 962. The summed E-state index contributed by atoms with van der Waals surface area (Å²) < 4.78 is 1.99. The van der Waals surface area contributed by atoms with Gasteiger partial charge < -0.3 is 20.5 Å². The second kappa shape index (κ2) is 8.37. The number of benzene rings is 1. The number of anilines is 2. The predicted octanol–water partition coefficient (Wildman–Crippen LogP) is 1.44. The van der Waals surface area contributed by atoms with Crippen molar-refractivity contribution in [3.8, 4) is 0 Å². The number of fused-ring (bicyclic) bond motifs is 1. The topological polar surface area (TPSA) is 87.1 Å². The molecule has 1 amide bonds. The maximum atomic E-state index is 12.3. The van der Waals surface area contributed by atoms with Gasteiger partial charge in [0.15, 0.2) is 0 Å². The van der Waals surface area contributed by atoms with Crippen LogP contribution in [0.2, 0.25) is 0 Å². The van der Waals surface area contributed by atoms with Crippen LogP contribution in [-0.4, -0.2) is 65.1 Å². The Kier molecular flexibility index (Phi) is 5.50. The van der Waals surface area contributed by atoms with Crippen LogP contribution in [0, 0.1) is 0 Å². The number of piperazine rings is 1. The summed E-state index contributed by atoms with van der Waals surface area (Å²) in [7, 11) is 1.65. The van der Waals surface area contributed by atoms with Crippen molar-refractivity contribution in [2.45, 2.75) is 6.54 Å². The van der Waals surface area contributed by atoms with Gasteiger partial charge in [0.25, 0.3) is 5.91 Å². The van der Waals surface area contributed by atoms with Gasteiger partial charge >= 0.3 is 0 Å². The number of carbonyl (C=O) groups excluding carboxylic acids is 1. The van der Waals surface area contributed by atoms with Crippen molar-refractivity contribution in [3.05, 3.63) is 48.4 Å². The van der Waals surface area contributed by atoms with Gasteiger partial charge in [-0.1, -0.05) is 18.2 Å². The molecule has 8 heteroatoms. The first kappa shape index (κ1) is 18.4. The minimum atomic E-state index is -0.104. The van der Waals surface area contributed by atoms with E-state index in [0.29, 0.717) is 11.6 Å². The summed E-state index contributed by atoms with van der Waals surface area (Å²) >= 11 is 0. The molecule has 0 unspecified atom stereocenters. The van der Waals surface area contributed by atoms with Crippen molar-refractivity contribution in [2.75, 3.05) is 45.1 Å². The average molecular weight is 379 g/mol. The van der Waals surface area contributed by atoms with Crippen molar-refractivity contribution < 1.29 is 4.79 Å². The Morgan fingerprint density at radius 1 is 1.21 bits per heavy atom. The van der Waals surface area contributed by atoms with Gasteiger partial charge in [0.2, 0.25) is 5.95 Å². The summed E-state index contributed by atoms with van der Waals surface area (Å²) in [5.41, 5.74) is 2.31. The third-order valence-corrected chi connectivity index (χ3v) is 4.97. The lowest BCUT2D eigenvalue weighted by Gasteiger charge is -2.27. The number of nitrogens with zero attached hydrogens (tertiary/aromatic N) is 4. The smallest absolute Gasteiger partial charge is 0.267 e. The molecular formula is C20H25N7O. The van der Waals surface area contributed by atoms with E-state index < -0.39 is 0 Å². The number of aromatic nitrogens is 3. The van der Waals surface area contributed by atoms with Gasteiger partial charge in [-0.25, -0.2) is 9.97 Å². The van der Waals surface area contributed by atoms with Crippen molar-refractivity contribution in [2.24, 2.45) is 0 Å². The fraction of sp³-hybridized carbons (Fsp3) is 0.350. The highest BCUT2D eigenvalue weighted by atomic mass is 16.1. The zero-order chi connectivity index (χ0) is 19.3. The first-order valence-corrected chi connectivity index (χ1v) is 9.57. The molecular weight excluding hydrogens is 354 g/mol. The number of rotatable bonds is 6. The van der Waals surface area contributed by atoms with Crippen molar-refractivity contribution in [3.63, 3.8) is 0 Å². The molecule has 0 radical (unpaired) electrons. The number of amides is 1. The van der Waals surface area contributed by atoms with Crippen molar-refractivity contribution in [1.29, 1.82) is 0 Å². The van der Waals surface area contributed by atoms with Crippen LogP contribution in [0.5, 0.6) is 0 Å². The molecule has 4 rings (SSSR count). The van der Waals surface area contributed by atoms with E-state index in [1.807, 2.05) is 41.1 Å². The van der Waals surface area contributed by atoms with Crippen LogP contribution in [0.15, 0.2) is 42.7 Å². The molecule has 0 spiro atoms. The van der Waals surface area contributed by atoms with Gasteiger partial charge in [-0.05, 0) is 12.1 Å². The van der Waals surface area contributed by atoms with Gasteiger partial charge in [0.05, 0.1) is 11.2 Å². The number of hydrogen-bond acceptors (Lipinski definition) is 6. The van der Waals surface area contributed by atoms with Gasteiger partial charge in [0, 0.05) is 64.1 Å². The van der Waals surface area contributed by atoms with Crippen LogP contribution < -0.4 is 16.0 Å². The van der Waals surface area contributed by atoms with Crippen LogP contribution in [0.3, 0.4) is 0 Å². The zero-order valence-corrected chi connectivity index (χ0v) is 16.0. The van der Waals surface area contributed by atoms with E-state index in [4.69, 9.17) is 0 Å². The first-order valence-electron chi connectivity index (χ1n) is 9.57. The highest BCUT2D eigenvalue weighted by molar-refractivity contribution is 5.94. The summed E-state index contributed by atoms with van der Waals surface area (Å²) in [5, 5.41) is 10.3. The van der Waals surface area contributed by atoms with Crippen LogP contribution >= 0.6 is 0 Å². The minimum absolute atomic E-state index is 0.104. The summed E-state index contributed by atoms with van der Waals surface area (Å²) in [5.74, 6) is 0.411. The van der Waals surface area contributed by atoms with Crippen molar-refractivity contribution in [1.82, 2.24) is 30.1 Å². The van der Waals surface area contributed by atoms with E-state index in [-0.39, 0.29) is 5.91 Å². The molecule has 3 heterocycles. The molecule has 2 aromatic heterocycles. The molecule has 1 aromatic carbocycles. The molecule has 0 aliphatic carbocycles. The molecule has 8 nitrogen and oxygen atoms in total. The third-order valence-electron chi connectivity index (χ3n) is 4.97. The Labute approximate surface area is 164 Å². The molecule has 3 N–H and O–H groups in total. The maximum absolute atomic E-state index is 12.3. The highest BCUT2D eigenvalue weighted by Gasteiger charge is 2.15. The number of para-hydroxylation sites is 1. The van der Waals surface area contributed by atoms with Gasteiger partial charge in [-0.2, -0.15) is 0 Å². The largest absolute Gasteiger partial charge is 0.354 e. The van der Waals surface area contributed by atoms with E-state index in [1.165, 1.54) is 0 Å². The summed E-state index contributed by atoms with van der Waals surface area (Å²) in [6.07, 6.45) is 3.75. The molecule has 1 fully saturated rings. The molecule has 1 aliphatic heterocycles. The fourth-order valence-corrected chi connectivity index (χ4v) is 3.43. The van der Waals surface area contributed by atoms with E-state index in [2.05, 4.69) is 30.8 Å². The lowest BCUT2D eigenvalue weighted by atomic mass is 10.2. The summed E-state index contributed by atoms with van der Waals surface area (Å²) in [4.78, 5) is 23.6. The maximum Gasteiger partial charge on any atom is 0.267 e. The van der Waals surface area contributed by atoms with E-state index in [1.54, 1.807) is 13.2 Å². The second-order valence-corrected chi connectivity index (χ2v) is 6.86. The second-order valence-electron chi connectivity index (χ2n) is 6.86. The summed E-state index contributed by atoms with van der Waals surface area (Å²) in [6, 6.07) is 9.70. The first-order chi connectivity index (χ1) is 13.7. The standard InChI is InChI=1S/C20H25N7O/c1-21-19(28)18-12-16(14-27(18)11-10-26-8-6-22-7-9-26)24-20-23-13-15-4-2-3-5-17(15)25-20/h2-5,12-14,22H,6-11H2,1H3,(H,21,28)(H,23,24,25).